The highest BCUT2D eigenvalue weighted by molar-refractivity contribution is 6.05. The first-order chi connectivity index (χ1) is 15.3. The number of fused-ring (bicyclic) bond motifs is 1. The molecule has 0 atom stereocenters. The van der Waals surface area contributed by atoms with Crippen LogP contribution in [0.4, 0.5) is 19.0 Å². The normalized spacial score (nSPS) is 11.6. The molecule has 2 aromatic heterocycles. The fraction of sp³-hybridized carbons (Fsp3) is 0.167. The number of nitrogens with one attached hydrogen (secondary N) is 1. The third kappa shape index (κ3) is 4.97. The molecule has 1 N–H and O–H groups in total. The average molecular weight is 439 g/mol. The van der Waals surface area contributed by atoms with Crippen molar-refractivity contribution in [3.8, 4) is 11.3 Å². The molecule has 0 saturated heterocycles. The monoisotopic (exact) mass is 439 g/mol. The molecule has 2 heterocycles. The molecule has 8 heteroatoms. The number of pyridine rings is 1. The Kier molecular flexibility index (Phi) is 5.96. The number of aromatic nitrogens is 2. The smallest absolute Gasteiger partial charge is 0.367 e. The Labute approximate surface area is 182 Å². The standard InChI is InChI=1S/C24H20F3N3O2/c1-16-11-12-30-20(13-16)28-21(18-5-3-2-4-6-18)22(30)29-23(31)19-9-7-17(8-10-19)14-32-15-24(25,26)27/h2-13H,14-15H2,1H3,(H,29,31). The number of halogens is 3. The topological polar surface area (TPSA) is 55.6 Å². The molecule has 0 saturated carbocycles. The molecule has 0 bridgehead atoms. The average Bonchev–Trinajstić information content (AvgIpc) is 3.11. The van der Waals surface area contributed by atoms with Crippen LogP contribution in [0.1, 0.15) is 21.5 Å². The molecule has 2 aromatic carbocycles. The zero-order chi connectivity index (χ0) is 22.7. The molecule has 4 rings (SSSR count). The molecule has 0 unspecified atom stereocenters. The number of ether oxygens (including phenoxy) is 1. The second-order valence-electron chi connectivity index (χ2n) is 7.37. The summed E-state index contributed by atoms with van der Waals surface area (Å²) in [6.07, 6.45) is -2.52. The molecule has 32 heavy (non-hydrogen) atoms. The van der Waals surface area contributed by atoms with Gasteiger partial charge < -0.3 is 10.1 Å². The van der Waals surface area contributed by atoms with E-state index in [0.717, 1.165) is 11.1 Å². The maximum atomic E-state index is 12.9. The number of hydrogen-bond acceptors (Lipinski definition) is 3. The van der Waals surface area contributed by atoms with Crippen LogP contribution in [0.25, 0.3) is 16.9 Å². The van der Waals surface area contributed by atoms with Gasteiger partial charge in [0.05, 0.1) is 6.61 Å². The van der Waals surface area contributed by atoms with Crippen molar-refractivity contribution >= 4 is 17.4 Å². The van der Waals surface area contributed by atoms with Crippen molar-refractivity contribution in [2.75, 3.05) is 11.9 Å². The van der Waals surface area contributed by atoms with Crippen LogP contribution in [0.2, 0.25) is 0 Å². The maximum Gasteiger partial charge on any atom is 0.411 e. The van der Waals surface area contributed by atoms with Crippen molar-refractivity contribution in [3.63, 3.8) is 0 Å². The van der Waals surface area contributed by atoms with Gasteiger partial charge in [0.1, 0.15) is 23.8 Å². The van der Waals surface area contributed by atoms with Crippen molar-refractivity contribution in [3.05, 3.63) is 89.6 Å². The lowest BCUT2D eigenvalue weighted by atomic mass is 10.1. The van der Waals surface area contributed by atoms with E-state index < -0.39 is 12.8 Å². The Balaban J connectivity index is 1.57. The number of nitrogens with zero attached hydrogens (tertiary/aromatic N) is 2. The van der Waals surface area contributed by atoms with Crippen LogP contribution in [0.5, 0.6) is 0 Å². The maximum absolute atomic E-state index is 12.9. The zero-order valence-corrected chi connectivity index (χ0v) is 17.2. The van der Waals surface area contributed by atoms with Crippen LogP contribution in [0.15, 0.2) is 72.9 Å². The Bertz CT molecular complexity index is 1230. The number of imidazole rings is 1. The van der Waals surface area contributed by atoms with Gasteiger partial charge in [0.2, 0.25) is 0 Å². The third-order valence-corrected chi connectivity index (χ3v) is 4.81. The predicted octanol–water partition coefficient (Wildman–Crippen LogP) is 5.64. The summed E-state index contributed by atoms with van der Waals surface area (Å²) in [6.45, 7) is 0.465. The molecule has 1 amide bonds. The fourth-order valence-corrected chi connectivity index (χ4v) is 3.28. The van der Waals surface area contributed by atoms with E-state index in [0.29, 0.717) is 28.3 Å². The highest BCUT2D eigenvalue weighted by atomic mass is 19.4. The predicted molar refractivity (Wildman–Crippen MR) is 115 cm³/mol. The summed E-state index contributed by atoms with van der Waals surface area (Å²) in [4.78, 5) is 17.6. The quantitative estimate of drug-likeness (QED) is 0.423. The van der Waals surface area contributed by atoms with Crippen molar-refractivity contribution in [2.24, 2.45) is 0 Å². The molecule has 0 fully saturated rings. The van der Waals surface area contributed by atoms with E-state index >= 15 is 0 Å². The molecule has 0 aliphatic rings. The molecule has 0 aliphatic heterocycles. The number of benzene rings is 2. The Hall–Kier alpha value is -3.65. The van der Waals surface area contributed by atoms with Gasteiger partial charge in [-0.15, -0.1) is 0 Å². The van der Waals surface area contributed by atoms with Crippen LogP contribution >= 0.6 is 0 Å². The van der Waals surface area contributed by atoms with E-state index in [1.807, 2.05) is 60.0 Å². The number of carbonyl (C=O) groups is 1. The van der Waals surface area contributed by atoms with Gasteiger partial charge in [0.25, 0.3) is 5.91 Å². The van der Waals surface area contributed by atoms with Crippen LogP contribution in [0, 0.1) is 6.92 Å². The van der Waals surface area contributed by atoms with Crippen LogP contribution < -0.4 is 5.32 Å². The summed E-state index contributed by atoms with van der Waals surface area (Å²) >= 11 is 0. The van der Waals surface area contributed by atoms with Crippen molar-refractivity contribution in [1.82, 2.24) is 9.38 Å². The molecule has 0 spiro atoms. The van der Waals surface area contributed by atoms with Crippen molar-refractivity contribution in [1.29, 1.82) is 0 Å². The highest BCUT2D eigenvalue weighted by Gasteiger charge is 2.27. The van der Waals surface area contributed by atoms with E-state index in [1.54, 1.807) is 24.3 Å². The summed E-state index contributed by atoms with van der Waals surface area (Å²) in [5.74, 6) is 0.182. The Morgan fingerprint density at radius 3 is 2.47 bits per heavy atom. The van der Waals surface area contributed by atoms with Crippen LogP contribution in [0.3, 0.4) is 0 Å². The molecule has 4 aromatic rings. The van der Waals surface area contributed by atoms with Gasteiger partial charge in [0.15, 0.2) is 0 Å². The first kappa shape index (κ1) is 21.6. The number of alkyl halides is 3. The Morgan fingerprint density at radius 1 is 1.06 bits per heavy atom. The fourth-order valence-electron chi connectivity index (χ4n) is 3.28. The van der Waals surface area contributed by atoms with Crippen LogP contribution in [-0.4, -0.2) is 28.1 Å². The molecular weight excluding hydrogens is 419 g/mol. The van der Waals surface area contributed by atoms with Crippen molar-refractivity contribution in [2.45, 2.75) is 19.7 Å². The summed E-state index contributed by atoms with van der Waals surface area (Å²) in [7, 11) is 0. The SMILES string of the molecule is Cc1ccn2c(NC(=O)c3ccc(COCC(F)(F)F)cc3)c(-c3ccccc3)nc2c1. The van der Waals surface area contributed by atoms with Crippen LogP contribution in [-0.2, 0) is 11.3 Å². The summed E-state index contributed by atoms with van der Waals surface area (Å²) in [5, 5.41) is 2.93. The number of aryl methyl sites for hydroxylation is 1. The third-order valence-electron chi connectivity index (χ3n) is 4.81. The minimum absolute atomic E-state index is 0.188. The summed E-state index contributed by atoms with van der Waals surface area (Å²) in [5.41, 5.74) is 4.16. The number of rotatable bonds is 6. The van der Waals surface area contributed by atoms with E-state index in [2.05, 4.69) is 10.1 Å². The van der Waals surface area contributed by atoms with E-state index in [4.69, 9.17) is 4.98 Å². The molecular formula is C24H20F3N3O2. The summed E-state index contributed by atoms with van der Waals surface area (Å²) in [6, 6.07) is 19.6. The first-order valence-corrected chi connectivity index (χ1v) is 9.89. The van der Waals surface area contributed by atoms with Gasteiger partial charge in [-0.25, -0.2) is 4.98 Å². The van der Waals surface area contributed by atoms with Crippen molar-refractivity contribution < 1.29 is 22.7 Å². The van der Waals surface area contributed by atoms with Gasteiger partial charge in [-0.05, 0) is 42.3 Å². The molecule has 0 aliphatic carbocycles. The Morgan fingerprint density at radius 2 is 1.78 bits per heavy atom. The minimum Gasteiger partial charge on any atom is -0.367 e. The molecule has 0 radical (unpaired) electrons. The lowest BCUT2D eigenvalue weighted by molar-refractivity contribution is -0.176. The second-order valence-corrected chi connectivity index (χ2v) is 7.37. The number of anilines is 1. The minimum atomic E-state index is -4.37. The number of amides is 1. The van der Waals surface area contributed by atoms with Gasteiger partial charge in [-0.1, -0.05) is 42.5 Å². The summed E-state index contributed by atoms with van der Waals surface area (Å²) < 4.78 is 43.1. The van der Waals surface area contributed by atoms with Gasteiger partial charge in [0, 0.05) is 17.3 Å². The van der Waals surface area contributed by atoms with Gasteiger partial charge in [-0.2, -0.15) is 13.2 Å². The molecule has 164 valence electrons. The highest BCUT2D eigenvalue weighted by Crippen LogP contribution is 2.29. The van der Waals surface area contributed by atoms with Gasteiger partial charge in [-0.3, -0.25) is 9.20 Å². The van der Waals surface area contributed by atoms with E-state index in [-0.39, 0.29) is 12.5 Å². The number of hydrogen-bond donors (Lipinski definition) is 1. The largest absolute Gasteiger partial charge is 0.411 e. The zero-order valence-electron chi connectivity index (χ0n) is 17.2. The lowest BCUT2D eigenvalue weighted by Gasteiger charge is -2.10. The van der Waals surface area contributed by atoms with E-state index in [9.17, 15) is 18.0 Å². The number of carbonyl (C=O) groups excluding carboxylic acids is 1. The van der Waals surface area contributed by atoms with E-state index in [1.165, 1.54) is 0 Å². The van der Waals surface area contributed by atoms with Gasteiger partial charge >= 0.3 is 6.18 Å². The lowest BCUT2D eigenvalue weighted by Crippen LogP contribution is -2.17. The molecule has 5 nitrogen and oxygen atoms in total. The first-order valence-electron chi connectivity index (χ1n) is 9.89. The second kappa shape index (κ2) is 8.84.